The summed E-state index contributed by atoms with van der Waals surface area (Å²) >= 11 is 1.58. The lowest BCUT2D eigenvalue weighted by Crippen LogP contribution is -2.20. The van der Waals surface area contributed by atoms with Crippen molar-refractivity contribution in [2.45, 2.75) is 51.6 Å². The van der Waals surface area contributed by atoms with E-state index in [-0.39, 0.29) is 24.1 Å². The lowest BCUT2D eigenvalue weighted by atomic mass is 9.97. The number of fused-ring (bicyclic) bond motifs is 3. The van der Waals surface area contributed by atoms with Crippen LogP contribution in [0.15, 0.2) is 41.2 Å². The van der Waals surface area contributed by atoms with Crippen LogP contribution in [0.5, 0.6) is 0 Å². The minimum absolute atomic E-state index is 0.0243. The topological polar surface area (TPSA) is 60.7 Å². The van der Waals surface area contributed by atoms with Crippen molar-refractivity contribution in [3.8, 4) is 0 Å². The fourth-order valence-corrected chi connectivity index (χ4v) is 4.92. The van der Waals surface area contributed by atoms with Gasteiger partial charge in [-0.05, 0) is 37.7 Å². The average Bonchev–Trinajstić information content (AvgIpc) is 3.06. The highest BCUT2D eigenvalue weighted by molar-refractivity contribution is 7.17. The molecule has 4 rings (SSSR count). The molecule has 0 saturated carbocycles. The summed E-state index contributed by atoms with van der Waals surface area (Å²) in [5.74, 6) is -0.582. The number of carbonyl (C=O) groups is 1. The maximum Gasteiger partial charge on any atom is 0.313 e. The molecule has 140 valence electrons. The second kappa shape index (κ2) is 7.64. The summed E-state index contributed by atoms with van der Waals surface area (Å²) in [4.78, 5) is 31.6. The van der Waals surface area contributed by atoms with Crippen LogP contribution in [0.3, 0.4) is 0 Å². The van der Waals surface area contributed by atoms with E-state index in [0.29, 0.717) is 17.1 Å². The zero-order valence-electron chi connectivity index (χ0n) is 15.3. The molecule has 0 spiro atoms. The van der Waals surface area contributed by atoms with Crippen molar-refractivity contribution in [3.05, 3.63) is 68.6 Å². The summed E-state index contributed by atoms with van der Waals surface area (Å²) in [7, 11) is 0. The predicted octanol–water partition coefficient (Wildman–Crippen LogP) is 3.87. The molecule has 0 aliphatic heterocycles. The van der Waals surface area contributed by atoms with Crippen LogP contribution in [0.2, 0.25) is 0 Å². The maximum atomic E-state index is 12.6. The summed E-state index contributed by atoms with van der Waals surface area (Å²) in [6.45, 7) is 1.99. The van der Waals surface area contributed by atoms with Gasteiger partial charge in [-0.25, -0.2) is 4.98 Å². The standard InChI is InChI=1S/C21H22N2O3S/c1-2-16(14-8-4-3-5-9-14)20(25)26-13-15-12-19(24)23-17-10-6-7-11-18(17)27-21(23)22-15/h3-5,8-9,12,16H,2,6-7,10-11,13H2,1H3. The van der Waals surface area contributed by atoms with E-state index in [9.17, 15) is 9.59 Å². The highest BCUT2D eigenvalue weighted by atomic mass is 32.1. The lowest BCUT2D eigenvalue weighted by molar-refractivity contribution is -0.147. The third-order valence-corrected chi connectivity index (χ3v) is 6.21. The number of benzene rings is 1. The molecule has 1 aliphatic carbocycles. The largest absolute Gasteiger partial charge is 0.459 e. The van der Waals surface area contributed by atoms with Crippen LogP contribution < -0.4 is 5.56 Å². The van der Waals surface area contributed by atoms with Crippen molar-refractivity contribution in [1.29, 1.82) is 0 Å². The van der Waals surface area contributed by atoms with E-state index in [1.807, 2.05) is 37.3 Å². The van der Waals surface area contributed by atoms with Crippen LogP contribution in [-0.4, -0.2) is 15.4 Å². The van der Waals surface area contributed by atoms with Gasteiger partial charge in [0.15, 0.2) is 4.96 Å². The molecule has 0 N–H and O–H groups in total. The smallest absolute Gasteiger partial charge is 0.313 e. The van der Waals surface area contributed by atoms with Crippen molar-refractivity contribution in [3.63, 3.8) is 0 Å². The van der Waals surface area contributed by atoms with E-state index >= 15 is 0 Å². The van der Waals surface area contributed by atoms with E-state index in [2.05, 4.69) is 4.98 Å². The second-order valence-electron chi connectivity index (χ2n) is 6.86. The van der Waals surface area contributed by atoms with E-state index in [4.69, 9.17) is 4.74 Å². The van der Waals surface area contributed by atoms with Gasteiger partial charge in [0.05, 0.1) is 11.6 Å². The molecule has 27 heavy (non-hydrogen) atoms. The van der Waals surface area contributed by atoms with E-state index in [1.165, 1.54) is 10.9 Å². The molecule has 5 nitrogen and oxygen atoms in total. The van der Waals surface area contributed by atoms with Crippen LogP contribution in [0, 0.1) is 0 Å². The summed E-state index contributed by atoms with van der Waals surface area (Å²) in [5.41, 5.74) is 2.48. The number of hydrogen-bond donors (Lipinski definition) is 0. The van der Waals surface area contributed by atoms with Crippen LogP contribution in [0.1, 0.15) is 53.9 Å². The summed E-state index contributed by atoms with van der Waals surface area (Å²) in [5, 5.41) is 0. The number of ether oxygens (including phenoxy) is 1. The van der Waals surface area contributed by atoms with Crippen LogP contribution in [0.4, 0.5) is 0 Å². The molecule has 0 saturated heterocycles. The molecule has 0 radical (unpaired) electrons. The minimum Gasteiger partial charge on any atom is -0.459 e. The first-order chi connectivity index (χ1) is 13.2. The zero-order chi connectivity index (χ0) is 18.8. The second-order valence-corrected chi connectivity index (χ2v) is 7.92. The Morgan fingerprint density at radius 3 is 2.81 bits per heavy atom. The van der Waals surface area contributed by atoms with Crippen LogP contribution >= 0.6 is 11.3 Å². The van der Waals surface area contributed by atoms with Crippen LogP contribution in [-0.2, 0) is 29.0 Å². The molecule has 0 bridgehead atoms. The normalized spacial score (nSPS) is 14.7. The number of nitrogens with zero attached hydrogens (tertiary/aromatic N) is 2. The van der Waals surface area contributed by atoms with Gasteiger partial charge in [0, 0.05) is 16.6 Å². The summed E-state index contributed by atoms with van der Waals surface area (Å²) in [6.07, 6.45) is 4.89. The van der Waals surface area contributed by atoms with Gasteiger partial charge in [-0.3, -0.25) is 14.0 Å². The van der Waals surface area contributed by atoms with Crippen molar-refractivity contribution in [1.82, 2.24) is 9.38 Å². The molecule has 6 heteroatoms. The Morgan fingerprint density at radius 2 is 2.04 bits per heavy atom. The average molecular weight is 382 g/mol. The first-order valence-corrected chi connectivity index (χ1v) is 10.2. The predicted molar refractivity (Wildman–Crippen MR) is 105 cm³/mol. The number of rotatable bonds is 5. The minimum atomic E-state index is -0.301. The Bertz CT molecular complexity index is 1020. The molecule has 0 amide bonds. The summed E-state index contributed by atoms with van der Waals surface area (Å²) in [6, 6.07) is 11.1. The molecule has 2 aromatic heterocycles. The van der Waals surface area contributed by atoms with Gasteiger partial charge in [-0.2, -0.15) is 0 Å². The maximum absolute atomic E-state index is 12.6. The number of aryl methyl sites for hydroxylation is 2. The van der Waals surface area contributed by atoms with Gasteiger partial charge < -0.3 is 4.74 Å². The number of thiazole rings is 1. The molecule has 2 heterocycles. The molecule has 1 atom stereocenters. The highest BCUT2D eigenvalue weighted by Gasteiger charge is 2.21. The third kappa shape index (κ3) is 3.54. The van der Waals surface area contributed by atoms with E-state index in [1.54, 1.807) is 15.7 Å². The van der Waals surface area contributed by atoms with Gasteiger partial charge in [-0.1, -0.05) is 37.3 Å². The zero-order valence-corrected chi connectivity index (χ0v) is 16.1. The van der Waals surface area contributed by atoms with Gasteiger partial charge in [0.1, 0.15) is 6.61 Å². The molecule has 0 fully saturated rings. The Labute approximate surface area is 161 Å². The number of aromatic nitrogens is 2. The first-order valence-electron chi connectivity index (χ1n) is 9.42. The Balaban J connectivity index is 1.53. The summed E-state index contributed by atoms with van der Waals surface area (Å²) < 4.78 is 7.22. The Kier molecular flexibility index (Phi) is 5.07. The molecular formula is C21H22N2O3S. The van der Waals surface area contributed by atoms with Crippen LogP contribution in [0.25, 0.3) is 4.96 Å². The lowest BCUT2D eigenvalue weighted by Gasteiger charge is -2.14. The van der Waals surface area contributed by atoms with Crippen molar-refractivity contribution >= 4 is 22.3 Å². The van der Waals surface area contributed by atoms with Gasteiger partial charge in [-0.15, -0.1) is 11.3 Å². The highest BCUT2D eigenvalue weighted by Crippen LogP contribution is 2.28. The molecule has 3 aromatic rings. The Hall–Kier alpha value is -2.47. The molecule has 1 aromatic carbocycles. The molecule has 1 unspecified atom stereocenters. The monoisotopic (exact) mass is 382 g/mol. The SMILES string of the molecule is CCC(C(=O)OCc1cc(=O)n2c3c(sc2n1)CCCC3)c1ccccc1. The van der Waals surface area contributed by atoms with E-state index in [0.717, 1.165) is 36.9 Å². The molecular weight excluding hydrogens is 360 g/mol. The van der Waals surface area contributed by atoms with Gasteiger partial charge in [0.25, 0.3) is 5.56 Å². The quantitative estimate of drug-likeness (QED) is 0.629. The van der Waals surface area contributed by atoms with Crippen molar-refractivity contribution in [2.24, 2.45) is 0 Å². The van der Waals surface area contributed by atoms with Gasteiger partial charge >= 0.3 is 5.97 Å². The van der Waals surface area contributed by atoms with Gasteiger partial charge in [0.2, 0.25) is 0 Å². The number of hydrogen-bond acceptors (Lipinski definition) is 5. The van der Waals surface area contributed by atoms with Crippen molar-refractivity contribution in [2.75, 3.05) is 0 Å². The Morgan fingerprint density at radius 1 is 1.26 bits per heavy atom. The van der Waals surface area contributed by atoms with Crippen molar-refractivity contribution < 1.29 is 9.53 Å². The van der Waals surface area contributed by atoms with E-state index < -0.39 is 0 Å². The number of carbonyl (C=O) groups excluding carboxylic acids is 1. The third-order valence-electron chi connectivity index (χ3n) is 5.07. The number of esters is 1. The first kappa shape index (κ1) is 17.9. The fourth-order valence-electron chi connectivity index (χ4n) is 3.69. The fraction of sp³-hybridized carbons (Fsp3) is 0.381. The molecule has 1 aliphatic rings.